The molecule has 0 amide bonds. The summed E-state index contributed by atoms with van der Waals surface area (Å²) in [5.41, 5.74) is 5.43. The van der Waals surface area contributed by atoms with Crippen molar-refractivity contribution in [3.05, 3.63) is 79.1 Å². The highest BCUT2D eigenvalue weighted by atomic mass is 32.2. The van der Waals surface area contributed by atoms with Crippen molar-refractivity contribution in [2.75, 3.05) is 11.8 Å². The quantitative estimate of drug-likeness (QED) is 0.323. The number of imidazole rings is 1. The number of hydrogen-bond donors (Lipinski definition) is 1. The van der Waals surface area contributed by atoms with Crippen molar-refractivity contribution in [3.8, 4) is 33.7 Å². The van der Waals surface area contributed by atoms with Gasteiger partial charge in [0.1, 0.15) is 17.9 Å². The fraction of sp³-hybridized carbons (Fsp3) is 0.185. The number of methoxy groups -OCH3 is 1. The van der Waals surface area contributed by atoms with E-state index < -0.39 is 21.1 Å². The second kappa shape index (κ2) is 8.74. The summed E-state index contributed by atoms with van der Waals surface area (Å²) < 4.78 is 51.9. The molecule has 0 aliphatic heterocycles. The maximum absolute atomic E-state index is 15.0. The minimum absolute atomic E-state index is 0.331. The number of aromatic nitrogens is 4. The Morgan fingerprint density at radius 1 is 1.03 bits per heavy atom. The number of anilines is 1. The number of sulfonamides is 1. The SMILES string of the molecule is COc1ccc(-c2cc(NS(=O)(=O)C3CC3)cc(-n3cnc4cc(-c5cnn(C)c5)ccc43)c2)c(F)c1. The van der Waals surface area contributed by atoms with E-state index in [1.54, 1.807) is 41.5 Å². The van der Waals surface area contributed by atoms with E-state index in [0.29, 0.717) is 41.1 Å². The van der Waals surface area contributed by atoms with E-state index in [4.69, 9.17) is 4.74 Å². The Kier molecular flexibility index (Phi) is 5.49. The second-order valence-corrected chi connectivity index (χ2v) is 11.1. The molecule has 0 saturated heterocycles. The summed E-state index contributed by atoms with van der Waals surface area (Å²) in [7, 11) is -0.177. The molecular formula is C27H24FN5O3S. The maximum Gasteiger partial charge on any atom is 0.235 e. The standard InChI is InChI=1S/C27H24FN5O3S/c1-32-15-19(14-30-32)17-3-8-27-26(11-17)29-16-33(27)21-10-18(24-7-4-22(36-2)13-25(24)28)9-20(12-21)31-37(34,35)23-5-6-23/h3-4,7-16,23,31H,5-6H2,1-2H3. The Morgan fingerprint density at radius 2 is 1.86 bits per heavy atom. The molecule has 2 aromatic heterocycles. The Labute approximate surface area is 213 Å². The molecule has 1 saturated carbocycles. The number of fused-ring (bicyclic) bond motifs is 1. The fourth-order valence-corrected chi connectivity index (χ4v) is 5.79. The third kappa shape index (κ3) is 4.44. The molecule has 1 N–H and O–H groups in total. The first-order valence-corrected chi connectivity index (χ1v) is 13.3. The van der Waals surface area contributed by atoms with Crippen LogP contribution in [0.1, 0.15) is 12.8 Å². The normalized spacial score (nSPS) is 13.7. The molecule has 6 rings (SSSR count). The Balaban J connectivity index is 1.47. The molecule has 188 valence electrons. The number of rotatable bonds is 7. The average molecular weight is 518 g/mol. The minimum atomic E-state index is -3.52. The third-order valence-electron chi connectivity index (χ3n) is 6.49. The predicted octanol–water partition coefficient (Wildman–Crippen LogP) is 5.14. The zero-order valence-corrected chi connectivity index (χ0v) is 21.0. The first-order chi connectivity index (χ1) is 17.8. The van der Waals surface area contributed by atoms with Crippen molar-refractivity contribution in [3.63, 3.8) is 0 Å². The van der Waals surface area contributed by atoms with Crippen LogP contribution < -0.4 is 9.46 Å². The molecule has 3 aromatic carbocycles. The number of ether oxygens (including phenoxy) is 1. The van der Waals surface area contributed by atoms with Gasteiger partial charge >= 0.3 is 0 Å². The van der Waals surface area contributed by atoms with Gasteiger partial charge in [0.25, 0.3) is 0 Å². The van der Waals surface area contributed by atoms with Crippen LogP contribution in [0, 0.1) is 5.82 Å². The molecule has 8 nitrogen and oxygen atoms in total. The van der Waals surface area contributed by atoms with Gasteiger partial charge in [-0.25, -0.2) is 17.8 Å². The maximum atomic E-state index is 15.0. The van der Waals surface area contributed by atoms with E-state index >= 15 is 4.39 Å². The van der Waals surface area contributed by atoms with Crippen LogP contribution in [-0.2, 0) is 17.1 Å². The van der Waals surface area contributed by atoms with E-state index in [0.717, 1.165) is 22.2 Å². The molecule has 5 aromatic rings. The van der Waals surface area contributed by atoms with Gasteiger partial charge in [0.2, 0.25) is 10.0 Å². The zero-order chi connectivity index (χ0) is 25.7. The van der Waals surface area contributed by atoms with Crippen molar-refractivity contribution in [1.82, 2.24) is 19.3 Å². The van der Waals surface area contributed by atoms with Crippen molar-refractivity contribution < 1.29 is 17.5 Å². The lowest BCUT2D eigenvalue weighted by Gasteiger charge is -2.14. The molecule has 10 heteroatoms. The van der Waals surface area contributed by atoms with E-state index in [1.807, 2.05) is 42.1 Å². The zero-order valence-electron chi connectivity index (χ0n) is 20.2. The first-order valence-electron chi connectivity index (χ1n) is 11.8. The molecule has 37 heavy (non-hydrogen) atoms. The summed E-state index contributed by atoms with van der Waals surface area (Å²) in [5, 5.41) is 3.84. The molecule has 1 fully saturated rings. The molecule has 0 radical (unpaired) electrons. The van der Waals surface area contributed by atoms with Crippen molar-refractivity contribution >= 4 is 26.7 Å². The predicted molar refractivity (Wildman–Crippen MR) is 141 cm³/mol. The van der Waals surface area contributed by atoms with Gasteiger partial charge < -0.3 is 4.74 Å². The Morgan fingerprint density at radius 3 is 2.57 bits per heavy atom. The summed E-state index contributed by atoms with van der Waals surface area (Å²) in [6.45, 7) is 0. The first kappa shape index (κ1) is 23.2. The number of benzene rings is 3. The van der Waals surface area contributed by atoms with E-state index in [-0.39, 0.29) is 0 Å². The van der Waals surface area contributed by atoms with Crippen molar-refractivity contribution in [1.29, 1.82) is 0 Å². The van der Waals surface area contributed by atoms with Crippen molar-refractivity contribution in [2.24, 2.45) is 7.05 Å². The van der Waals surface area contributed by atoms with Gasteiger partial charge in [-0.2, -0.15) is 5.10 Å². The van der Waals surface area contributed by atoms with Crippen LogP contribution in [0.5, 0.6) is 5.75 Å². The topological polar surface area (TPSA) is 91.0 Å². The Hall–Kier alpha value is -4.18. The second-order valence-electron chi connectivity index (χ2n) is 9.18. The monoisotopic (exact) mass is 517 g/mol. The van der Waals surface area contributed by atoms with Crippen LogP contribution >= 0.6 is 0 Å². The van der Waals surface area contributed by atoms with Crippen LogP contribution in [0.3, 0.4) is 0 Å². The molecule has 1 aliphatic rings. The fourth-order valence-electron chi connectivity index (χ4n) is 4.42. The van der Waals surface area contributed by atoms with Crippen LogP contribution in [0.2, 0.25) is 0 Å². The van der Waals surface area contributed by atoms with Crippen molar-refractivity contribution in [2.45, 2.75) is 18.1 Å². The number of aryl methyl sites for hydroxylation is 1. The van der Waals surface area contributed by atoms with Gasteiger partial charge in [-0.1, -0.05) is 6.07 Å². The molecule has 0 bridgehead atoms. The van der Waals surface area contributed by atoms with Crippen LogP contribution in [0.4, 0.5) is 10.1 Å². The smallest absolute Gasteiger partial charge is 0.235 e. The molecule has 0 spiro atoms. The summed E-state index contributed by atoms with van der Waals surface area (Å²) in [5.74, 6) is -0.0683. The summed E-state index contributed by atoms with van der Waals surface area (Å²) >= 11 is 0. The van der Waals surface area contributed by atoms with E-state index in [9.17, 15) is 8.42 Å². The van der Waals surface area contributed by atoms with Crippen LogP contribution in [0.25, 0.3) is 39.0 Å². The highest BCUT2D eigenvalue weighted by Crippen LogP contribution is 2.35. The lowest BCUT2D eigenvalue weighted by molar-refractivity contribution is 0.411. The van der Waals surface area contributed by atoms with Gasteiger partial charge in [0.05, 0.1) is 35.3 Å². The van der Waals surface area contributed by atoms with Gasteiger partial charge in [-0.3, -0.25) is 14.0 Å². The molecule has 0 atom stereocenters. The van der Waals surface area contributed by atoms with Gasteiger partial charge in [-0.05, 0) is 66.4 Å². The van der Waals surface area contributed by atoms with E-state index in [2.05, 4.69) is 14.8 Å². The molecule has 1 aliphatic carbocycles. The molecule has 0 unspecified atom stereocenters. The molecule has 2 heterocycles. The molecular weight excluding hydrogens is 493 g/mol. The largest absolute Gasteiger partial charge is 0.497 e. The number of nitrogens with one attached hydrogen (secondary N) is 1. The lowest BCUT2D eigenvalue weighted by Crippen LogP contribution is -2.17. The van der Waals surface area contributed by atoms with Gasteiger partial charge in [0, 0.05) is 36.1 Å². The number of halogens is 1. The Bertz CT molecular complexity index is 1760. The van der Waals surface area contributed by atoms with E-state index in [1.165, 1.54) is 13.2 Å². The average Bonchev–Trinajstić information content (AvgIpc) is 3.53. The lowest BCUT2D eigenvalue weighted by atomic mass is 10.0. The highest BCUT2D eigenvalue weighted by molar-refractivity contribution is 7.93. The number of nitrogens with zero attached hydrogens (tertiary/aromatic N) is 4. The van der Waals surface area contributed by atoms with Gasteiger partial charge in [-0.15, -0.1) is 0 Å². The number of hydrogen-bond acceptors (Lipinski definition) is 5. The van der Waals surface area contributed by atoms with Crippen LogP contribution in [-0.4, -0.2) is 40.1 Å². The minimum Gasteiger partial charge on any atom is -0.497 e. The third-order valence-corrected chi connectivity index (χ3v) is 8.36. The summed E-state index contributed by atoms with van der Waals surface area (Å²) in [6.07, 6.45) is 6.69. The van der Waals surface area contributed by atoms with Crippen LogP contribution in [0.15, 0.2) is 73.3 Å². The van der Waals surface area contributed by atoms with Gasteiger partial charge in [0.15, 0.2) is 0 Å². The highest BCUT2D eigenvalue weighted by Gasteiger charge is 2.35. The summed E-state index contributed by atoms with van der Waals surface area (Å²) in [6, 6.07) is 15.7. The summed E-state index contributed by atoms with van der Waals surface area (Å²) in [4.78, 5) is 4.58.